The number of nitrogens with one attached hydrogen (secondary N) is 2. The third kappa shape index (κ3) is 2.77. The molecule has 0 aromatic carbocycles. The molecule has 0 fully saturated rings. The van der Waals surface area contributed by atoms with Crippen LogP contribution in [0.4, 0.5) is 5.00 Å². The molecule has 1 aliphatic heterocycles. The Kier molecular flexibility index (Phi) is 2.98. The average Bonchev–Trinajstić information content (AvgIpc) is 2.77. The van der Waals surface area contributed by atoms with Crippen LogP contribution >= 0.6 is 23.6 Å². The quantitative estimate of drug-likeness (QED) is 0.605. The van der Waals surface area contributed by atoms with Gasteiger partial charge in [0.2, 0.25) is 0 Å². The van der Waals surface area contributed by atoms with Gasteiger partial charge in [0.15, 0.2) is 5.11 Å². The molecule has 0 spiro atoms. The molecule has 0 saturated heterocycles. The summed E-state index contributed by atoms with van der Waals surface area (Å²) in [4.78, 5) is 10.8. The lowest BCUT2D eigenvalue weighted by atomic mass is 10.4. The average molecular weight is 240 g/mol. The van der Waals surface area contributed by atoms with Crippen LogP contribution in [0.3, 0.4) is 0 Å². The van der Waals surface area contributed by atoms with Crippen LogP contribution in [0.15, 0.2) is 29.3 Å². The minimum absolute atomic E-state index is 0.255. The molecule has 2 heterocycles. The first kappa shape index (κ1) is 10.1. The number of rotatable bonds is 2. The van der Waals surface area contributed by atoms with Crippen LogP contribution in [0.25, 0.3) is 0 Å². The maximum atomic E-state index is 10.8. The second-order valence-corrected chi connectivity index (χ2v) is 4.19. The molecule has 78 valence electrons. The number of ether oxygens (including phenoxy) is 1. The van der Waals surface area contributed by atoms with E-state index in [0.29, 0.717) is 10.8 Å². The van der Waals surface area contributed by atoms with Crippen LogP contribution in [0.1, 0.15) is 0 Å². The molecule has 4 nitrogen and oxygen atoms in total. The molecule has 0 atom stereocenters. The van der Waals surface area contributed by atoms with Crippen molar-refractivity contribution < 1.29 is 9.53 Å². The lowest BCUT2D eigenvalue weighted by Crippen LogP contribution is -2.28. The first-order chi connectivity index (χ1) is 7.24. The van der Waals surface area contributed by atoms with E-state index in [1.165, 1.54) is 6.08 Å². The van der Waals surface area contributed by atoms with Crippen molar-refractivity contribution >= 4 is 39.6 Å². The van der Waals surface area contributed by atoms with Gasteiger partial charge in [-0.1, -0.05) is 0 Å². The van der Waals surface area contributed by atoms with Gasteiger partial charge in [-0.2, -0.15) is 0 Å². The molecule has 2 N–H and O–H groups in total. The van der Waals surface area contributed by atoms with E-state index in [0.717, 1.165) is 5.00 Å². The van der Waals surface area contributed by atoms with Gasteiger partial charge >= 0.3 is 5.97 Å². The highest BCUT2D eigenvalue weighted by Gasteiger charge is 2.13. The fraction of sp³-hybridized carbons (Fsp3) is 0.111. The van der Waals surface area contributed by atoms with E-state index in [1.54, 1.807) is 11.3 Å². The Bertz CT molecular complexity index is 412. The Balaban J connectivity index is 1.88. The number of carbonyl (C=O) groups is 1. The van der Waals surface area contributed by atoms with Crippen LogP contribution in [0.2, 0.25) is 0 Å². The minimum Gasteiger partial charge on any atom is -0.456 e. The molecule has 1 aliphatic rings. The zero-order valence-corrected chi connectivity index (χ0v) is 9.28. The van der Waals surface area contributed by atoms with Crippen molar-refractivity contribution in [3.05, 3.63) is 29.3 Å². The SMILES string of the molecule is O=C1C=C(NC(=S)Nc2cccs2)CO1. The largest absolute Gasteiger partial charge is 0.456 e. The molecule has 0 unspecified atom stereocenters. The van der Waals surface area contributed by atoms with Crippen LogP contribution < -0.4 is 10.6 Å². The molecule has 0 saturated carbocycles. The van der Waals surface area contributed by atoms with Crippen molar-refractivity contribution in [3.8, 4) is 0 Å². The summed E-state index contributed by atoms with van der Waals surface area (Å²) in [5.74, 6) is -0.337. The lowest BCUT2D eigenvalue weighted by Gasteiger charge is -2.07. The van der Waals surface area contributed by atoms with E-state index in [4.69, 9.17) is 17.0 Å². The van der Waals surface area contributed by atoms with Crippen molar-refractivity contribution in [2.45, 2.75) is 0 Å². The molecule has 6 heteroatoms. The fourth-order valence-electron chi connectivity index (χ4n) is 1.09. The Hall–Kier alpha value is -1.40. The summed E-state index contributed by atoms with van der Waals surface area (Å²) in [5, 5.41) is 9.25. The number of carbonyl (C=O) groups excluding carboxylic acids is 1. The van der Waals surface area contributed by atoms with Crippen LogP contribution in [0, 0.1) is 0 Å². The summed E-state index contributed by atoms with van der Waals surface area (Å²) in [6, 6.07) is 3.85. The monoisotopic (exact) mass is 240 g/mol. The molecule has 0 amide bonds. The van der Waals surface area contributed by atoms with Crippen LogP contribution in [-0.2, 0) is 9.53 Å². The Labute approximate surface area is 95.9 Å². The van der Waals surface area contributed by atoms with Gasteiger partial charge in [0.25, 0.3) is 0 Å². The molecule has 2 rings (SSSR count). The van der Waals surface area contributed by atoms with Crippen LogP contribution in [-0.4, -0.2) is 17.7 Å². The molecular formula is C9H8N2O2S2. The molecule has 1 aromatic rings. The second-order valence-electron chi connectivity index (χ2n) is 2.83. The van der Waals surface area contributed by atoms with E-state index in [2.05, 4.69) is 10.6 Å². The maximum Gasteiger partial charge on any atom is 0.333 e. The summed E-state index contributed by atoms with van der Waals surface area (Å²) in [6.07, 6.45) is 1.39. The first-order valence-corrected chi connectivity index (χ1v) is 5.52. The first-order valence-electron chi connectivity index (χ1n) is 4.23. The summed E-state index contributed by atoms with van der Waals surface area (Å²) >= 11 is 6.61. The van der Waals surface area contributed by atoms with Gasteiger partial charge < -0.3 is 15.4 Å². The minimum atomic E-state index is -0.337. The van der Waals surface area contributed by atoms with Gasteiger partial charge in [-0.05, 0) is 29.7 Å². The third-order valence-corrected chi connectivity index (χ3v) is 2.68. The van der Waals surface area contributed by atoms with Gasteiger partial charge in [0, 0.05) is 6.08 Å². The summed E-state index contributed by atoms with van der Waals surface area (Å²) in [7, 11) is 0. The van der Waals surface area contributed by atoms with Gasteiger partial charge in [-0.25, -0.2) is 4.79 Å². The molecule has 15 heavy (non-hydrogen) atoms. The Morgan fingerprint density at radius 1 is 1.53 bits per heavy atom. The van der Waals surface area contributed by atoms with Gasteiger partial charge in [0.1, 0.15) is 6.61 Å². The van der Waals surface area contributed by atoms with Crippen molar-refractivity contribution in [1.29, 1.82) is 0 Å². The predicted octanol–water partition coefficient (Wildman–Crippen LogP) is 1.48. The second kappa shape index (κ2) is 4.41. The highest BCUT2D eigenvalue weighted by Crippen LogP contribution is 2.14. The smallest absolute Gasteiger partial charge is 0.333 e. The van der Waals surface area contributed by atoms with Crippen molar-refractivity contribution in [1.82, 2.24) is 5.32 Å². The summed E-state index contributed by atoms with van der Waals surface area (Å²) in [5.41, 5.74) is 0.675. The number of thiocarbonyl (C=S) groups is 1. The van der Waals surface area contributed by atoms with E-state index in [1.807, 2.05) is 17.5 Å². The molecule has 0 bridgehead atoms. The van der Waals surface area contributed by atoms with E-state index >= 15 is 0 Å². The normalized spacial score (nSPS) is 14.4. The standard InChI is InChI=1S/C9H8N2O2S2/c12-8-4-6(5-13-8)10-9(14)11-7-2-1-3-15-7/h1-4H,5H2,(H2,10,11,14). The van der Waals surface area contributed by atoms with Gasteiger partial charge in [0.05, 0.1) is 10.7 Å². The predicted molar refractivity (Wildman–Crippen MR) is 62.7 cm³/mol. The zero-order valence-electron chi connectivity index (χ0n) is 7.65. The number of cyclic esters (lactones) is 1. The lowest BCUT2D eigenvalue weighted by molar-refractivity contribution is -0.134. The van der Waals surface area contributed by atoms with Crippen LogP contribution in [0.5, 0.6) is 0 Å². The number of thiophene rings is 1. The molecule has 1 aromatic heterocycles. The summed E-state index contributed by atoms with van der Waals surface area (Å²) in [6.45, 7) is 0.255. The van der Waals surface area contributed by atoms with Gasteiger partial charge in [-0.3, -0.25) is 0 Å². The van der Waals surface area contributed by atoms with Crippen molar-refractivity contribution in [2.75, 3.05) is 11.9 Å². The number of anilines is 1. The third-order valence-electron chi connectivity index (χ3n) is 1.69. The van der Waals surface area contributed by atoms with Gasteiger partial charge in [-0.15, -0.1) is 11.3 Å². The fourth-order valence-corrected chi connectivity index (χ4v) is 2.01. The number of hydrogen-bond acceptors (Lipinski definition) is 4. The Morgan fingerprint density at radius 3 is 3.00 bits per heavy atom. The molecule has 0 aliphatic carbocycles. The maximum absolute atomic E-state index is 10.8. The highest BCUT2D eigenvalue weighted by molar-refractivity contribution is 7.80. The number of esters is 1. The van der Waals surface area contributed by atoms with Crippen molar-refractivity contribution in [2.24, 2.45) is 0 Å². The molecular weight excluding hydrogens is 232 g/mol. The van der Waals surface area contributed by atoms with E-state index in [9.17, 15) is 4.79 Å². The highest BCUT2D eigenvalue weighted by atomic mass is 32.1. The Morgan fingerprint density at radius 2 is 2.40 bits per heavy atom. The molecule has 0 radical (unpaired) electrons. The van der Waals surface area contributed by atoms with Crippen molar-refractivity contribution in [3.63, 3.8) is 0 Å². The topological polar surface area (TPSA) is 50.4 Å². The van der Waals surface area contributed by atoms with E-state index in [-0.39, 0.29) is 12.6 Å². The zero-order chi connectivity index (χ0) is 10.7. The van der Waals surface area contributed by atoms with E-state index < -0.39 is 0 Å². The number of hydrogen-bond donors (Lipinski definition) is 2. The summed E-state index contributed by atoms with van der Waals surface area (Å²) < 4.78 is 4.72.